The summed E-state index contributed by atoms with van der Waals surface area (Å²) in [5.74, 6) is 0.783. The molecule has 25 heavy (non-hydrogen) atoms. The van der Waals surface area contributed by atoms with Gasteiger partial charge >= 0.3 is 0 Å². The molecule has 3 aromatic rings. The lowest BCUT2D eigenvalue weighted by molar-refractivity contribution is 0.306. The summed E-state index contributed by atoms with van der Waals surface area (Å²) in [4.78, 5) is 0. The number of rotatable bonds is 5. The van der Waals surface area contributed by atoms with Crippen LogP contribution in [0.2, 0.25) is 5.02 Å². The van der Waals surface area contributed by atoms with Crippen molar-refractivity contribution in [2.75, 3.05) is 0 Å². The molecule has 0 aliphatic carbocycles. The van der Waals surface area contributed by atoms with E-state index in [4.69, 9.17) is 16.3 Å². The molecule has 0 radical (unpaired) electrons. The topological polar surface area (TPSA) is 33.0 Å². The second-order valence-corrected chi connectivity index (χ2v) is 5.96. The molecule has 0 atom stereocenters. The van der Waals surface area contributed by atoms with Gasteiger partial charge in [-0.25, -0.2) is 0 Å². The predicted molar refractivity (Wildman–Crippen MR) is 102 cm³/mol. The fourth-order valence-electron chi connectivity index (χ4n) is 2.37. The molecule has 0 unspecified atom stereocenters. The van der Waals surface area contributed by atoms with Gasteiger partial charge in [-0.1, -0.05) is 66.2 Å². The van der Waals surface area contributed by atoms with Crippen molar-refractivity contribution in [2.45, 2.75) is 6.61 Å². The number of hydrogen-bond donors (Lipinski definition) is 0. The van der Waals surface area contributed by atoms with Gasteiger partial charge in [0.15, 0.2) is 0 Å². The smallest absolute Gasteiger partial charge is 0.119 e. The highest BCUT2D eigenvalue weighted by atomic mass is 35.5. The lowest BCUT2D eigenvalue weighted by Crippen LogP contribution is -1.94. The Morgan fingerprint density at radius 2 is 1.60 bits per heavy atom. The molecule has 3 rings (SSSR count). The van der Waals surface area contributed by atoms with E-state index >= 15 is 0 Å². The summed E-state index contributed by atoms with van der Waals surface area (Å²) in [7, 11) is 0. The van der Waals surface area contributed by atoms with E-state index in [1.807, 2.05) is 84.9 Å². The molecule has 3 aromatic carbocycles. The Morgan fingerprint density at radius 1 is 0.920 bits per heavy atom. The molecule has 3 heteroatoms. The Morgan fingerprint density at radius 3 is 2.24 bits per heavy atom. The Labute approximate surface area is 152 Å². The molecule has 0 aliphatic heterocycles. The molecule has 0 amide bonds. The standard InChI is InChI=1S/C22H16ClNO/c23-21-10-6-18(7-11-21)16-25-22-12-8-17(9-13-22)14-20(15-24)19-4-2-1-3-5-19/h1-14H,16H2/b20-14-. The maximum absolute atomic E-state index is 9.37. The van der Waals surface area contributed by atoms with Gasteiger partial charge in [0.1, 0.15) is 12.4 Å². The first-order valence-corrected chi connectivity index (χ1v) is 8.27. The normalized spacial score (nSPS) is 11.0. The second-order valence-electron chi connectivity index (χ2n) is 5.52. The zero-order chi connectivity index (χ0) is 17.5. The van der Waals surface area contributed by atoms with Crippen LogP contribution in [0.5, 0.6) is 5.75 Å². The van der Waals surface area contributed by atoms with Crippen LogP contribution in [-0.2, 0) is 6.61 Å². The molecule has 0 aromatic heterocycles. The fourth-order valence-corrected chi connectivity index (χ4v) is 2.50. The Bertz CT molecular complexity index is 892. The van der Waals surface area contributed by atoms with Crippen LogP contribution < -0.4 is 4.74 Å². The minimum atomic E-state index is 0.486. The monoisotopic (exact) mass is 345 g/mol. The van der Waals surface area contributed by atoms with Crippen molar-refractivity contribution in [3.8, 4) is 11.8 Å². The first-order valence-electron chi connectivity index (χ1n) is 7.89. The first kappa shape index (κ1) is 16.8. The predicted octanol–water partition coefficient (Wildman–Crippen LogP) is 5.98. The van der Waals surface area contributed by atoms with E-state index in [9.17, 15) is 5.26 Å². The van der Waals surface area contributed by atoms with Gasteiger partial charge in [0, 0.05) is 5.02 Å². The van der Waals surface area contributed by atoms with Crippen LogP contribution in [-0.4, -0.2) is 0 Å². The van der Waals surface area contributed by atoms with Crippen LogP contribution in [0.4, 0.5) is 0 Å². The number of ether oxygens (including phenoxy) is 1. The first-order chi connectivity index (χ1) is 12.2. The summed E-state index contributed by atoms with van der Waals surface area (Å²) in [5.41, 5.74) is 3.56. The van der Waals surface area contributed by atoms with Crippen LogP contribution in [0.25, 0.3) is 11.6 Å². The van der Waals surface area contributed by atoms with Crippen LogP contribution in [0.15, 0.2) is 78.9 Å². The van der Waals surface area contributed by atoms with Gasteiger partial charge in [-0.2, -0.15) is 5.26 Å². The van der Waals surface area contributed by atoms with E-state index in [1.165, 1.54) is 0 Å². The SMILES string of the molecule is N#C/C(=C/c1ccc(OCc2ccc(Cl)cc2)cc1)c1ccccc1. The van der Waals surface area contributed by atoms with Crippen molar-refractivity contribution in [3.63, 3.8) is 0 Å². The largest absolute Gasteiger partial charge is 0.489 e. The number of hydrogen-bond acceptors (Lipinski definition) is 2. The zero-order valence-corrected chi connectivity index (χ0v) is 14.3. The van der Waals surface area contributed by atoms with Gasteiger partial charge in [0.2, 0.25) is 0 Å². The number of nitrogens with zero attached hydrogens (tertiary/aromatic N) is 1. The van der Waals surface area contributed by atoms with Crippen molar-refractivity contribution in [1.29, 1.82) is 5.26 Å². The van der Waals surface area contributed by atoms with Gasteiger partial charge in [0.05, 0.1) is 11.6 Å². The van der Waals surface area contributed by atoms with Gasteiger partial charge in [-0.15, -0.1) is 0 Å². The van der Waals surface area contributed by atoms with Crippen molar-refractivity contribution in [2.24, 2.45) is 0 Å². The molecule has 122 valence electrons. The molecule has 0 aliphatic rings. The van der Waals surface area contributed by atoms with Crippen molar-refractivity contribution < 1.29 is 4.74 Å². The van der Waals surface area contributed by atoms with Crippen molar-refractivity contribution in [3.05, 3.63) is 101 Å². The summed E-state index contributed by atoms with van der Waals surface area (Å²) in [5, 5.41) is 10.1. The van der Waals surface area contributed by atoms with Gasteiger partial charge in [-0.05, 0) is 47.0 Å². The van der Waals surface area contributed by atoms with Crippen LogP contribution in [0.3, 0.4) is 0 Å². The Hall–Kier alpha value is -3.02. The minimum absolute atomic E-state index is 0.486. The van der Waals surface area contributed by atoms with Crippen LogP contribution >= 0.6 is 11.6 Å². The molecule has 0 spiro atoms. The number of halogens is 1. The summed E-state index contributed by atoms with van der Waals surface area (Å²) in [6.45, 7) is 0.486. The maximum atomic E-state index is 9.37. The highest BCUT2D eigenvalue weighted by molar-refractivity contribution is 6.30. The average molecular weight is 346 g/mol. The van der Waals surface area contributed by atoms with E-state index in [0.29, 0.717) is 17.2 Å². The van der Waals surface area contributed by atoms with Gasteiger partial charge in [-0.3, -0.25) is 0 Å². The number of nitriles is 1. The third-order valence-electron chi connectivity index (χ3n) is 3.72. The summed E-state index contributed by atoms with van der Waals surface area (Å²) in [6.07, 6.45) is 1.87. The minimum Gasteiger partial charge on any atom is -0.489 e. The summed E-state index contributed by atoms with van der Waals surface area (Å²) in [6, 6.07) is 27.2. The Balaban J connectivity index is 1.68. The number of benzene rings is 3. The highest BCUT2D eigenvalue weighted by Crippen LogP contribution is 2.20. The maximum Gasteiger partial charge on any atom is 0.119 e. The molecule has 2 nitrogen and oxygen atoms in total. The van der Waals surface area contributed by atoms with E-state index in [0.717, 1.165) is 22.4 Å². The van der Waals surface area contributed by atoms with E-state index in [-0.39, 0.29) is 0 Å². The molecule has 0 fully saturated rings. The van der Waals surface area contributed by atoms with Gasteiger partial charge in [0.25, 0.3) is 0 Å². The average Bonchev–Trinajstić information content (AvgIpc) is 2.67. The van der Waals surface area contributed by atoms with Crippen molar-refractivity contribution >= 4 is 23.3 Å². The zero-order valence-electron chi connectivity index (χ0n) is 13.5. The third-order valence-corrected chi connectivity index (χ3v) is 3.97. The van der Waals surface area contributed by atoms with Crippen molar-refractivity contribution in [1.82, 2.24) is 0 Å². The molecular weight excluding hydrogens is 330 g/mol. The van der Waals surface area contributed by atoms with E-state index in [2.05, 4.69) is 6.07 Å². The second kappa shape index (κ2) is 8.19. The van der Waals surface area contributed by atoms with Crippen LogP contribution in [0.1, 0.15) is 16.7 Å². The van der Waals surface area contributed by atoms with E-state index < -0.39 is 0 Å². The molecule has 0 N–H and O–H groups in total. The van der Waals surface area contributed by atoms with Crippen LogP contribution in [0, 0.1) is 11.3 Å². The Kier molecular flexibility index (Phi) is 5.51. The number of allylic oxidation sites excluding steroid dienone is 1. The molecule has 0 saturated heterocycles. The molecule has 0 saturated carbocycles. The summed E-state index contributed by atoms with van der Waals surface area (Å²) < 4.78 is 5.77. The quantitative estimate of drug-likeness (QED) is 0.420. The highest BCUT2D eigenvalue weighted by Gasteiger charge is 2.01. The third kappa shape index (κ3) is 4.73. The molecule has 0 heterocycles. The fraction of sp³-hybridized carbons (Fsp3) is 0.0455. The molecule has 0 bridgehead atoms. The molecular formula is C22H16ClNO. The lowest BCUT2D eigenvalue weighted by atomic mass is 10.0. The van der Waals surface area contributed by atoms with Gasteiger partial charge < -0.3 is 4.74 Å². The van der Waals surface area contributed by atoms with E-state index in [1.54, 1.807) is 0 Å². The summed E-state index contributed by atoms with van der Waals surface area (Å²) >= 11 is 5.87. The lowest BCUT2D eigenvalue weighted by Gasteiger charge is -2.07.